The summed E-state index contributed by atoms with van der Waals surface area (Å²) < 4.78 is 20.6. The fourth-order valence-corrected chi connectivity index (χ4v) is 3.83. The van der Waals surface area contributed by atoms with Gasteiger partial charge in [0, 0.05) is 30.5 Å². The van der Waals surface area contributed by atoms with Crippen LogP contribution in [0.2, 0.25) is 0 Å². The maximum atomic E-state index is 13.9. The van der Waals surface area contributed by atoms with Crippen LogP contribution in [0, 0.1) is 5.82 Å². The molecule has 0 bridgehead atoms. The second kappa shape index (κ2) is 8.28. The van der Waals surface area contributed by atoms with Gasteiger partial charge in [-0.1, -0.05) is 0 Å². The molecule has 1 aromatic heterocycles. The van der Waals surface area contributed by atoms with Crippen molar-refractivity contribution in [2.24, 2.45) is 0 Å². The van der Waals surface area contributed by atoms with Crippen LogP contribution in [0.5, 0.6) is 0 Å². The minimum atomic E-state index is -0.403. The molecule has 1 saturated heterocycles. The minimum absolute atomic E-state index is 0.00580. The zero-order valence-corrected chi connectivity index (χ0v) is 15.6. The normalized spacial score (nSPS) is 20.4. The molecule has 2 unspecified atom stereocenters. The van der Waals surface area contributed by atoms with Crippen LogP contribution in [-0.4, -0.2) is 47.4 Å². The van der Waals surface area contributed by atoms with Crippen LogP contribution in [0.3, 0.4) is 0 Å². The topological polar surface area (TPSA) is 73.2 Å². The van der Waals surface area contributed by atoms with Crippen molar-refractivity contribution < 1.29 is 13.9 Å². The van der Waals surface area contributed by atoms with Crippen molar-refractivity contribution in [3.8, 4) is 0 Å². The lowest BCUT2D eigenvalue weighted by atomic mass is 9.96. The van der Waals surface area contributed by atoms with Gasteiger partial charge in [0.2, 0.25) is 0 Å². The van der Waals surface area contributed by atoms with Gasteiger partial charge in [-0.05, 0) is 31.7 Å². The number of nitrogens with one attached hydrogen (secondary N) is 1. The molecule has 1 aliphatic rings. The first-order valence-electron chi connectivity index (χ1n) is 8.54. The molecule has 140 valence electrons. The van der Waals surface area contributed by atoms with E-state index in [-0.39, 0.29) is 30.0 Å². The second-order valence-electron chi connectivity index (χ2n) is 6.40. The Bertz CT molecular complexity index is 871. The molecule has 0 aliphatic carbocycles. The summed E-state index contributed by atoms with van der Waals surface area (Å²) in [5, 5.41) is 3.63. The van der Waals surface area contributed by atoms with E-state index in [2.05, 4.69) is 10.3 Å². The van der Waals surface area contributed by atoms with Gasteiger partial charge >= 0.3 is 0 Å². The van der Waals surface area contributed by atoms with Gasteiger partial charge in [0.05, 0.1) is 29.9 Å². The van der Waals surface area contributed by atoms with Crippen molar-refractivity contribution >= 4 is 28.4 Å². The molecule has 3 rings (SSSR count). The number of ketones is 1. The van der Waals surface area contributed by atoms with Crippen molar-refractivity contribution in [1.29, 1.82) is 0 Å². The van der Waals surface area contributed by atoms with Gasteiger partial charge in [-0.25, -0.2) is 9.37 Å². The van der Waals surface area contributed by atoms with E-state index in [1.165, 1.54) is 34.8 Å². The van der Waals surface area contributed by atoms with Crippen LogP contribution in [0.4, 0.5) is 4.39 Å². The van der Waals surface area contributed by atoms with Crippen LogP contribution in [0.25, 0.3) is 10.9 Å². The molecule has 6 nitrogen and oxygen atoms in total. The minimum Gasteiger partial charge on any atom is -0.380 e. The molecular weight excluding hydrogens is 357 g/mol. The molecule has 2 aromatic rings. The first kappa shape index (κ1) is 19.0. The summed E-state index contributed by atoms with van der Waals surface area (Å²) in [6, 6.07) is 2.71. The van der Waals surface area contributed by atoms with Gasteiger partial charge in [0.15, 0.2) is 5.78 Å². The lowest BCUT2D eigenvalue weighted by Crippen LogP contribution is -2.47. The van der Waals surface area contributed by atoms with E-state index < -0.39 is 5.82 Å². The Morgan fingerprint density at radius 2 is 2.31 bits per heavy atom. The maximum Gasteiger partial charge on any atom is 0.261 e. The largest absolute Gasteiger partial charge is 0.380 e. The Kier molecular flexibility index (Phi) is 6.05. The number of halogens is 1. The number of benzene rings is 1. The van der Waals surface area contributed by atoms with Crippen molar-refractivity contribution in [3.63, 3.8) is 0 Å². The third-order valence-corrected chi connectivity index (χ3v) is 5.47. The van der Waals surface area contributed by atoms with E-state index in [0.717, 1.165) is 19.4 Å². The molecule has 0 amide bonds. The molecule has 0 spiro atoms. The van der Waals surface area contributed by atoms with E-state index in [4.69, 9.17) is 4.74 Å². The molecule has 1 N–H and O–H groups in total. The molecule has 1 fully saturated rings. The highest BCUT2D eigenvalue weighted by molar-refractivity contribution is 7.98. The summed E-state index contributed by atoms with van der Waals surface area (Å²) in [6.07, 6.45) is 5.29. The van der Waals surface area contributed by atoms with Gasteiger partial charge in [0.1, 0.15) is 5.82 Å². The number of rotatable bonds is 6. The monoisotopic (exact) mass is 379 g/mol. The highest BCUT2D eigenvalue weighted by Gasteiger charge is 2.26. The fourth-order valence-electron chi connectivity index (χ4n) is 3.34. The molecule has 26 heavy (non-hydrogen) atoms. The van der Waals surface area contributed by atoms with Crippen molar-refractivity contribution in [3.05, 3.63) is 34.6 Å². The van der Waals surface area contributed by atoms with E-state index in [1.807, 2.05) is 0 Å². The number of nitrogens with zero attached hydrogens (tertiary/aromatic N) is 2. The molecular formula is C18H22FN3O3S. The first-order chi connectivity index (χ1) is 12.5. The molecule has 2 heterocycles. The number of Topliss-reactive ketones (excluding diaryl/α,β-unsaturated/α-hetero) is 1. The quantitative estimate of drug-likeness (QED) is 0.774. The first-order valence-corrected chi connectivity index (χ1v) is 9.76. The van der Waals surface area contributed by atoms with Crippen LogP contribution >= 0.6 is 11.8 Å². The van der Waals surface area contributed by atoms with Crippen LogP contribution in [-0.2, 0) is 16.1 Å². The smallest absolute Gasteiger partial charge is 0.261 e. The van der Waals surface area contributed by atoms with Gasteiger partial charge in [-0.3, -0.25) is 14.2 Å². The zero-order chi connectivity index (χ0) is 18.7. The van der Waals surface area contributed by atoms with Gasteiger partial charge < -0.3 is 10.1 Å². The summed E-state index contributed by atoms with van der Waals surface area (Å²) in [4.78, 5) is 29.6. The lowest BCUT2D eigenvalue weighted by Gasteiger charge is -2.31. The van der Waals surface area contributed by atoms with E-state index in [1.54, 1.807) is 13.4 Å². The van der Waals surface area contributed by atoms with Crippen molar-refractivity contribution in [2.45, 2.75) is 42.8 Å². The number of fused-ring (bicyclic) bond motifs is 1. The number of hydrogen-bond acceptors (Lipinski definition) is 6. The van der Waals surface area contributed by atoms with Crippen LogP contribution in [0.15, 0.2) is 28.2 Å². The molecule has 2 atom stereocenters. The number of hydrogen-bond donors (Lipinski definition) is 1. The Morgan fingerprint density at radius 1 is 1.50 bits per heavy atom. The average molecular weight is 379 g/mol. The molecule has 1 aliphatic heterocycles. The summed E-state index contributed by atoms with van der Waals surface area (Å²) in [5.74, 6) is -0.471. The highest BCUT2D eigenvalue weighted by Crippen LogP contribution is 2.22. The Labute approximate surface area is 155 Å². The molecule has 0 saturated carbocycles. The van der Waals surface area contributed by atoms with Crippen LogP contribution < -0.4 is 10.9 Å². The Hall–Kier alpha value is -1.77. The zero-order valence-electron chi connectivity index (χ0n) is 14.8. The summed E-state index contributed by atoms with van der Waals surface area (Å²) in [5.41, 5.74) is -0.0408. The number of piperidine rings is 1. The lowest BCUT2D eigenvalue weighted by molar-refractivity contribution is -0.121. The summed E-state index contributed by atoms with van der Waals surface area (Å²) >= 11 is 1.22. The summed E-state index contributed by atoms with van der Waals surface area (Å²) in [7, 11) is 1.65. The number of aromatic nitrogens is 2. The third kappa shape index (κ3) is 3.97. The Morgan fingerprint density at radius 3 is 3.04 bits per heavy atom. The predicted molar refractivity (Wildman–Crippen MR) is 99.2 cm³/mol. The van der Waals surface area contributed by atoms with E-state index in [0.29, 0.717) is 22.2 Å². The maximum absolute atomic E-state index is 13.9. The predicted octanol–water partition coefficient (Wildman–Crippen LogP) is 1.98. The summed E-state index contributed by atoms with van der Waals surface area (Å²) in [6.45, 7) is 0.806. The van der Waals surface area contributed by atoms with E-state index in [9.17, 15) is 14.0 Å². The molecule has 8 heteroatoms. The molecule has 1 aromatic carbocycles. The van der Waals surface area contributed by atoms with E-state index >= 15 is 0 Å². The number of carbonyl (C=O) groups is 1. The SMILES string of the molecule is COC1CCCNC1CC(=O)Cn1cnc2cc(F)c(SC)cc2c1=O. The number of carbonyl (C=O) groups excluding carboxylic acids is 1. The van der Waals surface area contributed by atoms with Crippen LogP contribution in [0.1, 0.15) is 19.3 Å². The standard InChI is InChI=1S/C18H22FN3O3S/c1-25-16-4-3-5-20-15(16)6-11(23)9-22-10-21-14-8-13(19)17(26-2)7-12(14)18(22)24/h7-8,10,15-16,20H,3-6,9H2,1-2H3. The van der Waals surface area contributed by atoms with Crippen molar-refractivity contribution in [2.75, 3.05) is 19.9 Å². The third-order valence-electron chi connectivity index (χ3n) is 4.72. The molecule has 0 radical (unpaired) electrons. The van der Waals surface area contributed by atoms with Gasteiger partial charge in [-0.15, -0.1) is 11.8 Å². The Balaban J connectivity index is 1.80. The van der Waals surface area contributed by atoms with Crippen molar-refractivity contribution in [1.82, 2.24) is 14.9 Å². The number of ether oxygens (including phenoxy) is 1. The van der Waals surface area contributed by atoms with Gasteiger partial charge in [0.25, 0.3) is 5.56 Å². The number of methoxy groups -OCH3 is 1. The highest BCUT2D eigenvalue weighted by atomic mass is 32.2. The second-order valence-corrected chi connectivity index (χ2v) is 7.25. The van der Waals surface area contributed by atoms with Gasteiger partial charge in [-0.2, -0.15) is 0 Å². The number of thioether (sulfide) groups is 1. The fraction of sp³-hybridized carbons (Fsp3) is 0.500. The average Bonchev–Trinajstić information content (AvgIpc) is 2.64.